The van der Waals surface area contributed by atoms with Crippen LogP contribution in [0.4, 0.5) is 0 Å². The normalized spacial score (nSPS) is 15.6. The SMILES string of the molecule is COC(C)C/C(C)=C(\C)C=O. The second-order valence-electron chi connectivity index (χ2n) is 2.83. The predicted octanol–water partition coefficient (Wildman–Crippen LogP) is 1.95. The van der Waals surface area contributed by atoms with Crippen molar-refractivity contribution >= 4 is 6.29 Å². The van der Waals surface area contributed by atoms with Crippen LogP contribution in [0.25, 0.3) is 0 Å². The average molecular weight is 156 g/mol. The van der Waals surface area contributed by atoms with Gasteiger partial charge in [0, 0.05) is 7.11 Å². The van der Waals surface area contributed by atoms with Crippen LogP contribution in [0.1, 0.15) is 27.2 Å². The summed E-state index contributed by atoms with van der Waals surface area (Å²) in [6.45, 7) is 5.77. The van der Waals surface area contributed by atoms with Crippen molar-refractivity contribution in [3.63, 3.8) is 0 Å². The first-order valence-electron chi connectivity index (χ1n) is 3.76. The van der Waals surface area contributed by atoms with Gasteiger partial charge in [-0.25, -0.2) is 0 Å². The van der Waals surface area contributed by atoms with Crippen molar-refractivity contribution in [3.05, 3.63) is 11.1 Å². The molecule has 0 aromatic rings. The molecule has 64 valence electrons. The fourth-order valence-corrected chi connectivity index (χ4v) is 0.776. The molecule has 0 bridgehead atoms. The van der Waals surface area contributed by atoms with Crippen LogP contribution < -0.4 is 0 Å². The van der Waals surface area contributed by atoms with E-state index in [-0.39, 0.29) is 6.10 Å². The molecule has 0 saturated carbocycles. The van der Waals surface area contributed by atoms with Gasteiger partial charge in [0.05, 0.1) is 6.10 Å². The fourth-order valence-electron chi connectivity index (χ4n) is 0.776. The van der Waals surface area contributed by atoms with Crippen LogP contribution in [0, 0.1) is 0 Å². The minimum absolute atomic E-state index is 0.199. The van der Waals surface area contributed by atoms with E-state index < -0.39 is 0 Å². The third-order valence-electron chi connectivity index (χ3n) is 1.85. The number of carbonyl (C=O) groups excluding carboxylic acids is 1. The summed E-state index contributed by atoms with van der Waals surface area (Å²) in [6, 6.07) is 0. The van der Waals surface area contributed by atoms with Gasteiger partial charge in [0.15, 0.2) is 0 Å². The Kier molecular flexibility index (Phi) is 4.79. The van der Waals surface area contributed by atoms with E-state index in [4.69, 9.17) is 4.74 Å². The third kappa shape index (κ3) is 3.94. The molecular formula is C9H16O2. The highest BCUT2D eigenvalue weighted by atomic mass is 16.5. The van der Waals surface area contributed by atoms with Crippen LogP contribution in [0.3, 0.4) is 0 Å². The maximum Gasteiger partial charge on any atom is 0.145 e. The summed E-state index contributed by atoms with van der Waals surface area (Å²) in [5, 5.41) is 0. The van der Waals surface area contributed by atoms with E-state index in [1.165, 1.54) is 0 Å². The van der Waals surface area contributed by atoms with Crippen LogP contribution in [0.5, 0.6) is 0 Å². The number of aldehydes is 1. The Bertz CT molecular complexity index is 159. The lowest BCUT2D eigenvalue weighted by Gasteiger charge is -2.09. The van der Waals surface area contributed by atoms with E-state index >= 15 is 0 Å². The molecule has 2 nitrogen and oxygen atoms in total. The first-order valence-corrected chi connectivity index (χ1v) is 3.76. The molecule has 0 saturated heterocycles. The molecule has 0 amide bonds. The topological polar surface area (TPSA) is 26.3 Å². The Morgan fingerprint density at radius 1 is 1.55 bits per heavy atom. The molecule has 0 aliphatic carbocycles. The third-order valence-corrected chi connectivity index (χ3v) is 1.85. The summed E-state index contributed by atoms with van der Waals surface area (Å²) in [5.74, 6) is 0. The lowest BCUT2D eigenvalue weighted by atomic mass is 10.1. The van der Waals surface area contributed by atoms with Crippen LogP contribution in [0.15, 0.2) is 11.1 Å². The molecule has 0 heterocycles. The van der Waals surface area contributed by atoms with E-state index in [0.717, 1.165) is 23.9 Å². The minimum atomic E-state index is 0.199. The second kappa shape index (κ2) is 5.08. The van der Waals surface area contributed by atoms with Gasteiger partial charge < -0.3 is 4.74 Å². The Morgan fingerprint density at radius 2 is 2.09 bits per heavy atom. The summed E-state index contributed by atoms with van der Waals surface area (Å²) in [6.07, 6.45) is 1.92. The second-order valence-corrected chi connectivity index (χ2v) is 2.83. The lowest BCUT2D eigenvalue weighted by molar-refractivity contribution is -0.104. The molecule has 0 aliphatic rings. The van der Waals surface area contributed by atoms with E-state index in [1.54, 1.807) is 7.11 Å². The van der Waals surface area contributed by atoms with Crippen molar-refractivity contribution in [2.45, 2.75) is 33.3 Å². The highest BCUT2D eigenvalue weighted by Gasteiger charge is 2.02. The monoisotopic (exact) mass is 156 g/mol. The molecule has 0 N–H and O–H groups in total. The quantitative estimate of drug-likeness (QED) is 0.459. The van der Waals surface area contributed by atoms with E-state index in [1.807, 2.05) is 20.8 Å². The lowest BCUT2D eigenvalue weighted by Crippen LogP contribution is -2.05. The Morgan fingerprint density at radius 3 is 2.45 bits per heavy atom. The Balaban J connectivity index is 4.04. The molecule has 0 aromatic heterocycles. The highest BCUT2D eigenvalue weighted by Crippen LogP contribution is 2.10. The smallest absolute Gasteiger partial charge is 0.145 e. The molecule has 0 spiro atoms. The standard InChI is InChI=1S/C9H16O2/c1-7(8(2)6-10)5-9(3)11-4/h6,9H,5H2,1-4H3/b8-7+. The van der Waals surface area contributed by atoms with Crippen LogP contribution in [0.2, 0.25) is 0 Å². The van der Waals surface area contributed by atoms with Gasteiger partial charge in [0.25, 0.3) is 0 Å². The molecule has 1 unspecified atom stereocenters. The maximum atomic E-state index is 10.3. The van der Waals surface area contributed by atoms with Crippen molar-refractivity contribution in [3.8, 4) is 0 Å². The number of hydrogen-bond donors (Lipinski definition) is 0. The van der Waals surface area contributed by atoms with Crippen molar-refractivity contribution < 1.29 is 9.53 Å². The highest BCUT2D eigenvalue weighted by molar-refractivity contribution is 5.73. The fraction of sp³-hybridized carbons (Fsp3) is 0.667. The molecule has 0 rings (SSSR count). The number of allylic oxidation sites excluding steroid dienone is 1. The number of rotatable bonds is 4. The van der Waals surface area contributed by atoms with Gasteiger partial charge in [-0.3, -0.25) is 4.79 Å². The molecule has 0 fully saturated rings. The molecule has 0 aliphatic heterocycles. The zero-order valence-corrected chi connectivity index (χ0v) is 7.68. The maximum absolute atomic E-state index is 10.3. The number of methoxy groups -OCH3 is 1. The summed E-state index contributed by atoms with van der Waals surface area (Å²) in [4.78, 5) is 10.3. The summed E-state index contributed by atoms with van der Waals surface area (Å²) in [5.41, 5.74) is 1.92. The Hall–Kier alpha value is -0.630. The van der Waals surface area contributed by atoms with Gasteiger partial charge in [-0.1, -0.05) is 5.57 Å². The Labute approximate surface area is 68.2 Å². The van der Waals surface area contributed by atoms with E-state index in [9.17, 15) is 4.79 Å². The van der Waals surface area contributed by atoms with E-state index in [2.05, 4.69) is 0 Å². The number of hydrogen-bond acceptors (Lipinski definition) is 2. The zero-order chi connectivity index (χ0) is 8.85. The summed E-state index contributed by atoms with van der Waals surface area (Å²) < 4.78 is 5.07. The van der Waals surface area contributed by atoms with Gasteiger partial charge in [0.2, 0.25) is 0 Å². The molecule has 11 heavy (non-hydrogen) atoms. The summed E-state index contributed by atoms with van der Waals surface area (Å²) in [7, 11) is 1.67. The van der Waals surface area contributed by atoms with Gasteiger partial charge in [-0.15, -0.1) is 0 Å². The first kappa shape index (κ1) is 10.4. The number of carbonyl (C=O) groups is 1. The van der Waals surface area contributed by atoms with E-state index in [0.29, 0.717) is 0 Å². The van der Waals surface area contributed by atoms with Gasteiger partial charge in [0.1, 0.15) is 6.29 Å². The largest absolute Gasteiger partial charge is 0.381 e. The van der Waals surface area contributed by atoms with Gasteiger partial charge >= 0.3 is 0 Å². The summed E-state index contributed by atoms with van der Waals surface area (Å²) >= 11 is 0. The molecule has 0 aromatic carbocycles. The average Bonchev–Trinajstić information content (AvgIpc) is 2.02. The molecular weight excluding hydrogens is 140 g/mol. The van der Waals surface area contributed by atoms with Gasteiger partial charge in [-0.05, 0) is 32.8 Å². The van der Waals surface area contributed by atoms with Crippen LogP contribution >= 0.6 is 0 Å². The number of ether oxygens (including phenoxy) is 1. The van der Waals surface area contributed by atoms with Crippen LogP contribution in [-0.2, 0) is 9.53 Å². The molecule has 1 atom stereocenters. The predicted molar refractivity (Wildman–Crippen MR) is 45.5 cm³/mol. The molecule has 0 radical (unpaired) electrons. The minimum Gasteiger partial charge on any atom is -0.381 e. The van der Waals surface area contributed by atoms with Crippen molar-refractivity contribution in [2.24, 2.45) is 0 Å². The first-order chi connectivity index (χ1) is 5.11. The van der Waals surface area contributed by atoms with Crippen molar-refractivity contribution in [1.29, 1.82) is 0 Å². The van der Waals surface area contributed by atoms with Crippen molar-refractivity contribution in [1.82, 2.24) is 0 Å². The van der Waals surface area contributed by atoms with Crippen molar-refractivity contribution in [2.75, 3.05) is 7.11 Å². The zero-order valence-electron chi connectivity index (χ0n) is 7.68. The molecule has 2 heteroatoms. The van der Waals surface area contributed by atoms with Crippen LogP contribution in [-0.4, -0.2) is 19.5 Å². The van der Waals surface area contributed by atoms with Gasteiger partial charge in [-0.2, -0.15) is 0 Å².